The minimum Gasteiger partial charge on any atom is -0.506 e. The predicted octanol–water partition coefficient (Wildman–Crippen LogP) is 5.54. The summed E-state index contributed by atoms with van der Waals surface area (Å²) >= 11 is 6.03. The van der Waals surface area contributed by atoms with Crippen LogP contribution >= 0.6 is 11.6 Å². The first-order valence-electron chi connectivity index (χ1n) is 11.5. The fourth-order valence-corrected chi connectivity index (χ4v) is 4.86. The van der Waals surface area contributed by atoms with Crippen molar-refractivity contribution in [2.45, 2.75) is 19.4 Å². The lowest BCUT2D eigenvalue weighted by Crippen LogP contribution is -2.37. The summed E-state index contributed by atoms with van der Waals surface area (Å²) in [7, 11) is 0. The van der Waals surface area contributed by atoms with E-state index in [0.29, 0.717) is 27.5 Å². The Bertz CT molecular complexity index is 1380. The molecule has 1 saturated heterocycles. The molecule has 1 aliphatic rings. The summed E-state index contributed by atoms with van der Waals surface area (Å²) in [6.45, 7) is 5.75. The molecule has 1 atom stereocenters. The normalized spacial score (nSPS) is 15.5. The third-order valence-electron chi connectivity index (χ3n) is 6.63. The van der Waals surface area contributed by atoms with Gasteiger partial charge in [0.2, 0.25) is 0 Å². The average Bonchev–Trinajstić information content (AvgIpc) is 2.85. The average molecular weight is 475 g/mol. The number of hydrogen-bond donors (Lipinski definition) is 2. The summed E-state index contributed by atoms with van der Waals surface area (Å²) in [4.78, 5) is 18.1. The molecular formula is C28H27ClN2O3. The van der Waals surface area contributed by atoms with E-state index in [1.807, 2.05) is 24.3 Å². The monoisotopic (exact) mass is 474 g/mol. The van der Waals surface area contributed by atoms with Crippen molar-refractivity contribution in [1.29, 1.82) is 0 Å². The molecule has 0 radical (unpaired) electrons. The van der Waals surface area contributed by atoms with E-state index < -0.39 is 0 Å². The van der Waals surface area contributed by atoms with Crippen molar-refractivity contribution in [3.8, 4) is 16.9 Å². The number of nitrogens with one attached hydrogen (secondary N) is 1. The van der Waals surface area contributed by atoms with Crippen LogP contribution in [0.2, 0.25) is 5.02 Å². The minimum absolute atomic E-state index is 0.0333. The molecule has 0 bridgehead atoms. The third-order valence-corrected chi connectivity index (χ3v) is 6.86. The Labute approximate surface area is 203 Å². The van der Waals surface area contributed by atoms with Crippen LogP contribution in [0, 0.1) is 0 Å². The number of nitrogens with zero attached hydrogens (tertiary/aromatic N) is 1. The molecule has 1 aromatic heterocycles. The van der Waals surface area contributed by atoms with E-state index in [1.54, 1.807) is 18.2 Å². The molecule has 5 nitrogen and oxygen atoms in total. The fraction of sp³-hybridized carbons (Fsp3) is 0.250. The Kier molecular flexibility index (Phi) is 6.42. The molecule has 1 unspecified atom stereocenters. The van der Waals surface area contributed by atoms with Crippen molar-refractivity contribution in [2.75, 3.05) is 26.3 Å². The van der Waals surface area contributed by atoms with Gasteiger partial charge in [-0.05, 0) is 53.8 Å². The molecule has 34 heavy (non-hydrogen) atoms. The van der Waals surface area contributed by atoms with E-state index in [0.717, 1.165) is 38.3 Å². The number of aromatic amines is 1. The zero-order chi connectivity index (χ0) is 23.7. The largest absolute Gasteiger partial charge is 0.506 e. The topological polar surface area (TPSA) is 65.6 Å². The number of morpholine rings is 1. The quantitative estimate of drug-likeness (QED) is 0.398. The van der Waals surface area contributed by atoms with Crippen LogP contribution in [0.3, 0.4) is 0 Å². The van der Waals surface area contributed by atoms with E-state index in [4.69, 9.17) is 16.3 Å². The van der Waals surface area contributed by atoms with Crippen LogP contribution in [0.1, 0.15) is 29.7 Å². The second-order valence-corrected chi connectivity index (χ2v) is 9.25. The van der Waals surface area contributed by atoms with Gasteiger partial charge in [-0.1, -0.05) is 60.1 Å². The molecule has 0 amide bonds. The number of H-pyrrole nitrogens is 1. The summed E-state index contributed by atoms with van der Waals surface area (Å²) in [5, 5.41) is 11.9. The fourth-order valence-electron chi connectivity index (χ4n) is 4.68. The van der Waals surface area contributed by atoms with Crippen LogP contribution in [0.25, 0.3) is 22.0 Å². The van der Waals surface area contributed by atoms with E-state index in [-0.39, 0.29) is 16.9 Å². The van der Waals surface area contributed by atoms with Crippen LogP contribution < -0.4 is 5.56 Å². The molecule has 0 aliphatic carbocycles. The molecule has 2 heterocycles. The highest BCUT2D eigenvalue weighted by molar-refractivity contribution is 6.31. The number of aromatic nitrogens is 1. The second-order valence-electron chi connectivity index (χ2n) is 8.81. The Balaban J connectivity index is 1.39. The molecular weight excluding hydrogens is 448 g/mol. The number of fused-ring (bicyclic) bond motifs is 1. The molecule has 1 aliphatic heterocycles. The van der Waals surface area contributed by atoms with Crippen molar-refractivity contribution >= 4 is 22.5 Å². The van der Waals surface area contributed by atoms with Gasteiger partial charge >= 0.3 is 0 Å². The number of ether oxygens (including phenoxy) is 1. The second kappa shape index (κ2) is 9.63. The first-order valence-corrected chi connectivity index (χ1v) is 11.9. The van der Waals surface area contributed by atoms with E-state index in [1.165, 1.54) is 11.1 Å². The Morgan fingerprint density at radius 2 is 1.79 bits per heavy atom. The summed E-state index contributed by atoms with van der Waals surface area (Å²) in [6.07, 6.45) is 0.738. The molecule has 2 N–H and O–H groups in total. The third kappa shape index (κ3) is 4.60. The van der Waals surface area contributed by atoms with Gasteiger partial charge in [0, 0.05) is 29.5 Å². The maximum atomic E-state index is 12.8. The maximum absolute atomic E-state index is 12.8. The SMILES string of the molecule is CC(c1ccc(Cc2cccc(-c3c(O)c4ccc(Cl)cc4[nH]c3=O)c2)cc1)N1CCOCC1. The molecule has 3 aromatic carbocycles. The molecule has 1 fully saturated rings. The lowest BCUT2D eigenvalue weighted by atomic mass is 9.97. The van der Waals surface area contributed by atoms with Crippen molar-refractivity contribution in [2.24, 2.45) is 0 Å². The van der Waals surface area contributed by atoms with E-state index in [9.17, 15) is 9.90 Å². The Morgan fingerprint density at radius 1 is 1.03 bits per heavy atom. The lowest BCUT2D eigenvalue weighted by molar-refractivity contribution is 0.0198. The number of hydrogen-bond acceptors (Lipinski definition) is 4. The van der Waals surface area contributed by atoms with E-state index in [2.05, 4.69) is 41.1 Å². The standard InChI is InChI=1S/C28H27ClN2O3/c1-18(31-11-13-34-14-12-31)21-7-5-19(6-8-21)15-20-3-2-4-22(16-20)26-27(32)24-10-9-23(29)17-25(24)30-28(26)33/h2-10,16-18H,11-15H2,1H3,(H2,30,32,33). The zero-order valence-corrected chi connectivity index (χ0v) is 19.8. The summed E-state index contributed by atoms with van der Waals surface area (Å²) < 4.78 is 5.47. The smallest absolute Gasteiger partial charge is 0.260 e. The zero-order valence-electron chi connectivity index (χ0n) is 19.1. The van der Waals surface area contributed by atoms with Crippen LogP contribution in [-0.4, -0.2) is 41.3 Å². The molecule has 4 aromatic rings. The summed E-state index contributed by atoms with van der Waals surface area (Å²) in [5.74, 6) is -0.0333. The summed E-state index contributed by atoms with van der Waals surface area (Å²) in [5.41, 5.74) is 4.69. The predicted molar refractivity (Wildman–Crippen MR) is 137 cm³/mol. The molecule has 174 valence electrons. The van der Waals surface area contributed by atoms with Gasteiger partial charge in [0.05, 0.1) is 24.3 Å². The molecule has 0 saturated carbocycles. The number of benzene rings is 3. The lowest BCUT2D eigenvalue weighted by Gasteiger charge is -2.32. The molecule has 6 heteroatoms. The van der Waals surface area contributed by atoms with Gasteiger partial charge in [-0.25, -0.2) is 0 Å². The van der Waals surface area contributed by atoms with Crippen molar-refractivity contribution in [3.05, 3.63) is 98.8 Å². The van der Waals surface area contributed by atoms with Gasteiger partial charge in [0.25, 0.3) is 5.56 Å². The highest BCUT2D eigenvalue weighted by Crippen LogP contribution is 2.33. The van der Waals surface area contributed by atoms with Crippen LogP contribution in [0.4, 0.5) is 0 Å². The van der Waals surface area contributed by atoms with Gasteiger partial charge < -0.3 is 14.8 Å². The maximum Gasteiger partial charge on any atom is 0.260 e. The molecule has 5 rings (SSSR count). The van der Waals surface area contributed by atoms with Crippen LogP contribution in [0.15, 0.2) is 71.5 Å². The van der Waals surface area contributed by atoms with Gasteiger partial charge in [-0.15, -0.1) is 0 Å². The van der Waals surface area contributed by atoms with Crippen molar-refractivity contribution < 1.29 is 9.84 Å². The first kappa shape index (κ1) is 22.7. The van der Waals surface area contributed by atoms with Gasteiger partial charge in [0.1, 0.15) is 5.75 Å². The number of halogens is 1. The van der Waals surface area contributed by atoms with Crippen LogP contribution in [0.5, 0.6) is 5.75 Å². The van der Waals surface area contributed by atoms with Crippen molar-refractivity contribution in [3.63, 3.8) is 0 Å². The number of aromatic hydroxyl groups is 1. The highest BCUT2D eigenvalue weighted by atomic mass is 35.5. The van der Waals surface area contributed by atoms with Gasteiger partial charge in [-0.2, -0.15) is 0 Å². The summed E-state index contributed by atoms with van der Waals surface area (Å²) in [6, 6.07) is 21.9. The molecule has 0 spiro atoms. The van der Waals surface area contributed by atoms with Crippen LogP contribution in [-0.2, 0) is 11.2 Å². The van der Waals surface area contributed by atoms with Crippen molar-refractivity contribution in [1.82, 2.24) is 9.88 Å². The highest BCUT2D eigenvalue weighted by Gasteiger charge is 2.18. The Hall–Kier alpha value is -3.12. The number of rotatable bonds is 5. The first-order chi connectivity index (χ1) is 16.5. The van der Waals surface area contributed by atoms with E-state index >= 15 is 0 Å². The number of pyridine rings is 1. The minimum atomic E-state index is -0.342. The van der Waals surface area contributed by atoms with Gasteiger partial charge in [0.15, 0.2) is 0 Å². The van der Waals surface area contributed by atoms with Gasteiger partial charge in [-0.3, -0.25) is 9.69 Å². The Morgan fingerprint density at radius 3 is 2.56 bits per heavy atom.